The number of anilines is 1. The quantitative estimate of drug-likeness (QED) is 0.803. The van der Waals surface area contributed by atoms with E-state index in [-0.39, 0.29) is 0 Å². The van der Waals surface area contributed by atoms with E-state index in [0.717, 1.165) is 37.4 Å². The minimum atomic E-state index is 0.771. The van der Waals surface area contributed by atoms with Crippen LogP contribution >= 0.6 is 0 Å². The van der Waals surface area contributed by atoms with Crippen molar-refractivity contribution < 1.29 is 4.74 Å². The molecule has 0 fully saturated rings. The fourth-order valence-corrected chi connectivity index (χ4v) is 1.91. The van der Waals surface area contributed by atoms with Crippen LogP contribution in [0.4, 0.5) is 5.69 Å². The molecule has 0 unspecified atom stereocenters. The van der Waals surface area contributed by atoms with E-state index in [0.29, 0.717) is 0 Å². The van der Waals surface area contributed by atoms with Crippen LogP contribution in [0.1, 0.15) is 18.9 Å². The highest BCUT2D eigenvalue weighted by Gasteiger charge is 1.97. The van der Waals surface area contributed by atoms with Crippen molar-refractivity contribution in [1.29, 1.82) is 0 Å². The number of benzene rings is 2. The van der Waals surface area contributed by atoms with Crippen molar-refractivity contribution in [2.75, 3.05) is 18.5 Å². The smallest absolute Gasteiger partial charge is 0.121 e. The zero-order chi connectivity index (χ0) is 13.3. The lowest BCUT2D eigenvalue weighted by Crippen LogP contribution is -2.05. The number of hydrogen-bond donors (Lipinski definition) is 1. The van der Waals surface area contributed by atoms with Crippen molar-refractivity contribution in [3.8, 4) is 5.75 Å². The van der Waals surface area contributed by atoms with Crippen LogP contribution < -0.4 is 10.1 Å². The molecule has 0 radical (unpaired) electrons. The maximum Gasteiger partial charge on any atom is 0.121 e. The fourth-order valence-electron chi connectivity index (χ4n) is 1.91. The van der Waals surface area contributed by atoms with Gasteiger partial charge in [-0.3, -0.25) is 0 Å². The number of hydrogen-bond acceptors (Lipinski definition) is 2. The summed E-state index contributed by atoms with van der Waals surface area (Å²) in [5, 5.41) is 3.43. The summed E-state index contributed by atoms with van der Waals surface area (Å²) in [7, 11) is 0. The molecule has 0 saturated heterocycles. The van der Waals surface area contributed by atoms with Crippen LogP contribution in [-0.4, -0.2) is 13.2 Å². The van der Waals surface area contributed by atoms with E-state index in [9.17, 15) is 0 Å². The summed E-state index contributed by atoms with van der Waals surface area (Å²) in [6, 6.07) is 18.7. The Bertz CT molecular complexity index is 482. The standard InChI is InChI=1S/C17H21NO/c1-2-13-19-17-10-6-9-16(14-17)18-12-11-15-7-4-3-5-8-15/h3-10,14,18H,2,11-13H2,1H3. The molecular weight excluding hydrogens is 234 g/mol. The van der Waals surface area contributed by atoms with Gasteiger partial charge in [-0.1, -0.05) is 43.3 Å². The second-order valence-electron chi connectivity index (χ2n) is 4.54. The van der Waals surface area contributed by atoms with Crippen molar-refractivity contribution >= 4 is 5.69 Å². The molecular formula is C17H21NO. The van der Waals surface area contributed by atoms with Gasteiger partial charge in [0, 0.05) is 18.3 Å². The van der Waals surface area contributed by atoms with Gasteiger partial charge in [-0.2, -0.15) is 0 Å². The highest BCUT2D eigenvalue weighted by Crippen LogP contribution is 2.17. The third-order valence-corrected chi connectivity index (χ3v) is 2.89. The van der Waals surface area contributed by atoms with Gasteiger partial charge < -0.3 is 10.1 Å². The molecule has 0 spiro atoms. The summed E-state index contributed by atoms with van der Waals surface area (Å²) >= 11 is 0. The van der Waals surface area contributed by atoms with E-state index in [4.69, 9.17) is 4.74 Å². The Morgan fingerprint density at radius 2 is 1.84 bits per heavy atom. The molecule has 2 rings (SSSR count). The van der Waals surface area contributed by atoms with Gasteiger partial charge in [-0.05, 0) is 30.5 Å². The lowest BCUT2D eigenvalue weighted by atomic mass is 10.1. The molecule has 0 aliphatic rings. The number of nitrogens with one attached hydrogen (secondary N) is 1. The summed E-state index contributed by atoms with van der Waals surface area (Å²) < 4.78 is 5.62. The second-order valence-corrected chi connectivity index (χ2v) is 4.54. The van der Waals surface area contributed by atoms with Gasteiger partial charge in [0.2, 0.25) is 0 Å². The van der Waals surface area contributed by atoms with E-state index < -0.39 is 0 Å². The maximum absolute atomic E-state index is 5.62. The molecule has 100 valence electrons. The Morgan fingerprint density at radius 3 is 2.63 bits per heavy atom. The van der Waals surface area contributed by atoms with Gasteiger partial charge in [-0.15, -0.1) is 0 Å². The Labute approximate surface area is 115 Å². The Kier molecular flexibility index (Phi) is 5.30. The van der Waals surface area contributed by atoms with E-state index in [1.165, 1.54) is 5.56 Å². The van der Waals surface area contributed by atoms with Crippen molar-refractivity contribution in [3.05, 3.63) is 60.2 Å². The third-order valence-electron chi connectivity index (χ3n) is 2.89. The molecule has 0 heterocycles. The number of rotatable bonds is 7. The van der Waals surface area contributed by atoms with Crippen molar-refractivity contribution in [3.63, 3.8) is 0 Å². The molecule has 2 aromatic rings. The average Bonchev–Trinajstić information content (AvgIpc) is 2.47. The topological polar surface area (TPSA) is 21.3 Å². The summed E-state index contributed by atoms with van der Waals surface area (Å²) in [5.74, 6) is 0.937. The summed E-state index contributed by atoms with van der Waals surface area (Å²) in [4.78, 5) is 0. The molecule has 0 aromatic heterocycles. The molecule has 2 aromatic carbocycles. The highest BCUT2D eigenvalue weighted by molar-refractivity contribution is 5.48. The second kappa shape index (κ2) is 7.47. The Hall–Kier alpha value is -1.96. The van der Waals surface area contributed by atoms with E-state index in [2.05, 4.69) is 48.6 Å². The summed E-state index contributed by atoms with van der Waals surface area (Å²) in [6.45, 7) is 3.82. The lowest BCUT2D eigenvalue weighted by molar-refractivity contribution is 0.317. The normalized spacial score (nSPS) is 10.2. The van der Waals surface area contributed by atoms with Crippen molar-refractivity contribution in [2.24, 2.45) is 0 Å². The zero-order valence-corrected chi connectivity index (χ0v) is 11.4. The minimum absolute atomic E-state index is 0.771. The van der Waals surface area contributed by atoms with E-state index in [1.54, 1.807) is 0 Å². The first-order valence-corrected chi connectivity index (χ1v) is 6.89. The number of ether oxygens (including phenoxy) is 1. The summed E-state index contributed by atoms with van der Waals surface area (Å²) in [6.07, 6.45) is 2.06. The zero-order valence-electron chi connectivity index (χ0n) is 11.4. The molecule has 0 atom stereocenters. The molecule has 0 amide bonds. The van der Waals surface area contributed by atoms with Crippen LogP contribution in [0, 0.1) is 0 Å². The molecule has 2 heteroatoms. The molecule has 0 aliphatic carbocycles. The van der Waals surface area contributed by atoms with Gasteiger partial charge in [-0.25, -0.2) is 0 Å². The van der Waals surface area contributed by atoms with Crippen LogP contribution in [0.5, 0.6) is 5.75 Å². The average molecular weight is 255 g/mol. The first kappa shape index (κ1) is 13.5. The van der Waals surface area contributed by atoms with Crippen LogP contribution in [0.2, 0.25) is 0 Å². The van der Waals surface area contributed by atoms with Crippen LogP contribution in [0.3, 0.4) is 0 Å². The first-order valence-electron chi connectivity index (χ1n) is 6.89. The predicted octanol–water partition coefficient (Wildman–Crippen LogP) is 4.13. The molecule has 0 bridgehead atoms. The molecule has 0 saturated carbocycles. The van der Waals surface area contributed by atoms with Crippen LogP contribution in [0.25, 0.3) is 0 Å². The summed E-state index contributed by atoms with van der Waals surface area (Å²) in [5.41, 5.74) is 2.47. The monoisotopic (exact) mass is 255 g/mol. The van der Waals surface area contributed by atoms with E-state index in [1.807, 2.05) is 18.2 Å². The van der Waals surface area contributed by atoms with Crippen molar-refractivity contribution in [2.45, 2.75) is 19.8 Å². The van der Waals surface area contributed by atoms with Crippen LogP contribution in [0.15, 0.2) is 54.6 Å². The Morgan fingerprint density at radius 1 is 1.00 bits per heavy atom. The van der Waals surface area contributed by atoms with Gasteiger partial charge in [0.1, 0.15) is 5.75 Å². The Balaban J connectivity index is 1.82. The van der Waals surface area contributed by atoms with Gasteiger partial charge in [0.15, 0.2) is 0 Å². The van der Waals surface area contributed by atoms with Gasteiger partial charge in [0.05, 0.1) is 6.61 Å². The van der Waals surface area contributed by atoms with Crippen molar-refractivity contribution in [1.82, 2.24) is 0 Å². The predicted molar refractivity (Wildman–Crippen MR) is 80.9 cm³/mol. The first-order chi connectivity index (χ1) is 9.38. The SMILES string of the molecule is CCCOc1cccc(NCCc2ccccc2)c1. The van der Waals surface area contributed by atoms with Crippen LogP contribution in [-0.2, 0) is 6.42 Å². The molecule has 19 heavy (non-hydrogen) atoms. The highest BCUT2D eigenvalue weighted by atomic mass is 16.5. The molecule has 0 aliphatic heterocycles. The molecule has 1 N–H and O–H groups in total. The fraction of sp³-hybridized carbons (Fsp3) is 0.294. The third kappa shape index (κ3) is 4.66. The van der Waals surface area contributed by atoms with E-state index >= 15 is 0 Å². The van der Waals surface area contributed by atoms with Gasteiger partial charge >= 0.3 is 0 Å². The maximum atomic E-state index is 5.62. The van der Waals surface area contributed by atoms with Gasteiger partial charge in [0.25, 0.3) is 0 Å². The lowest BCUT2D eigenvalue weighted by Gasteiger charge is -2.09. The molecule has 2 nitrogen and oxygen atoms in total. The largest absolute Gasteiger partial charge is 0.494 e. The minimum Gasteiger partial charge on any atom is -0.494 e.